The Hall–Kier alpha value is -5.00. The Morgan fingerprint density at radius 3 is 2.70 bits per heavy atom. The fourth-order valence-electron chi connectivity index (χ4n) is 5.31. The Balaban J connectivity index is 1.20. The van der Waals surface area contributed by atoms with Crippen LogP contribution >= 0.6 is 0 Å². The van der Waals surface area contributed by atoms with Gasteiger partial charge in [-0.2, -0.15) is 5.10 Å². The van der Waals surface area contributed by atoms with Crippen molar-refractivity contribution in [3.05, 3.63) is 96.2 Å². The molecule has 11 heteroatoms. The molecule has 5 aromatic rings. The van der Waals surface area contributed by atoms with Gasteiger partial charge in [-0.1, -0.05) is 24.3 Å². The van der Waals surface area contributed by atoms with E-state index < -0.39 is 17.7 Å². The van der Waals surface area contributed by atoms with Gasteiger partial charge in [0.1, 0.15) is 24.7 Å². The SMILES string of the molecule is Cc1cccc(-c2nn(CC(=O)Nc3cc(F)cc(C(=O)OCCN4CCNCC4)c3)cc2-c2ccnc3ccccc23)n1. The Bertz CT molecular complexity index is 1810. The molecule has 0 unspecified atom stereocenters. The van der Waals surface area contributed by atoms with Crippen molar-refractivity contribution in [1.82, 2.24) is 30.0 Å². The topological polar surface area (TPSA) is 114 Å². The number of carbonyl (C=O) groups is 2. The molecule has 0 bridgehead atoms. The van der Waals surface area contributed by atoms with Crippen LogP contribution in [0.25, 0.3) is 33.4 Å². The Morgan fingerprint density at radius 1 is 1.02 bits per heavy atom. The second-order valence-corrected chi connectivity index (χ2v) is 10.6. The average molecular weight is 594 g/mol. The smallest absolute Gasteiger partial charge is 0.338 e. The number of aromatic nitrogens is 4. The van der Waals surface area contributed by atoms with Crippen LogP contribution in [0.1, 0.15) is 16.1 Å². The van der Waals surface area contributed by atoms with Crippen LogP contribution in [0.5, 0.6) is 0 Å². The molecule has 1 fully saturated rings. The van der Waals surface area contributed by atoms with Gasteiger partial charge in [0, 0.05) is 67.4 Å². The zero-order valence-electron chi connectivity index (χ0n) is 24.3. The van der Waals surface area contributed by atoms with Gasteiger partial charge < -0.3 is 15.4 Å². The second-order valence-electron chi connectivity index (χ2n) is 10.6. The number of aryl methyl sites for hydroxylation is 1. The number of rotatable bonds is 9. The first kappa shape index (κ1) is 29.1. The molecular formula is C33H32FN7O3. The van der Waals surface area contributed by atoms with E-state index in [-0.39, 0.29) is 24.4 Å². The predicted molar refractivity (Wildman–Crippen MR) is 166 cm³/mol. The summed E-state index contributed by atoms with van der Waals surface area (Å²) in [6.07, 6.45) is 3.54. The third-order valence-corrected chi connectivity index (χ3v) is 7.40. The summed E-state index contributed by atoms with van der Waals surface area (Å²) in [5.74, 6) is -1.74. The first-order chi connectivity index (χ1) is 21.4. The molecule has 1 saturated heterocycles. The van der Waals surface area contributed by atoms with Crippen molar-refractivity contribution < 1.29 is 18.7 Å². The third kappa shape index (κ3) is 6.80. The summed E-state index contributed by atoms with van der Waals surface area (Å²) in [5, 5.41) is 11.7. The van der Waals surface area contributed by atoms with Crippen molar-refractivity contribution in [2.45, 2.75) is 13.5 Å². The molecule has 10 nitrogen and oxygen atoms in total. The average Bonchev–Trinajstić information content (AvgIpc) is 3.44. The molecule has 0 radical (unpaired) electrons. The molecule has 1 aliphatic rings. The summed E-state index contributed by atoms with van der Waals surface area (Å²) < 4.78 is 21.4. The first-order valence-corrected chi connectivity index (χ1v) is 14.5. The highest BCUT2D eigenvalue weighted by Gasteiger charge is 2.19. The lowest BCUT2D eigenvalue weighted by Gasteiger charge is -2.26. The van der Waals surface area contributed by atoms with Gasteiger partial charge in [0.15, 0.2) is 0 Å². The van der Waals surface area contributed by atoms with E-state index in [9.17, 15) is 14.0 Å². The van der Waals surface area contributed by atoms with Gasteiger partial charge in [-0.3, -0.25) is 24.3 Å². The van der Waals surface area contributed by atoms with Crippen LogP contribution in [0, 0.1) is 12.7 Å². The highest BCUT2D eigenvalue weighted by atomic mass is 19.1. The third-order valence-electron chi connectivity index (χ3n) is 7.40. The van der Waals surface area contributed by atoms with Gasteiger partial charge in [-0.15, -0.1) is 0 Å². The van der Waals surface area contributed by atoms with Crippen LogP contribution in [0.15, 0.2) is 79.1 Å². The number of fused-ring (bicyclic) bond motifs is 1. The number of hydrogen-bond acceptors (Lipinski definition) is 8. The second kappa shape index (κ2) is 13.1. The van der Waals surface area contributed by atoms with E-state index in [1.165, 1.54) is 10.7 Å². The summed E-state index contributed by atoms with van der Waals surface area (Å²) in [6, 6.07) is 19.1. The quantitative estimate of drug-likeness (QED) is 0.243. The molecule has 0 aliphatic carbocycles. The van der Waals surface area contributed by atoms with Crippen LogP contribution < -0.4 is 10.6 Å². The minimum absolute atomic E-state index is 0.0272. The van der Waals surface area contributed by atoms with Crippen LogP contribution in [-0.2, 0) is 16.1 Å². The lowest BCUT2D eigenvalue weighted by molar-refractivity contribution is -0.116. The van der Waals surface area contributed by atoms with Gasteiger partial charge >= 0.3 is 5.97 Å². The Labute approximate surface area is 253 Å². The van der Waals surface area contributed by atoms with Crippen molar-refractivity contribution in [2.75, 3.05) is 44.6 Å². The van der Waals surface area contributed by atoms with Gasteiger partial charge in [-0.25, -0.2) is 9.18 Å². The zero-order valence-corrected chi connectivity index (χ0v) is 24.3. The molecule has 0 spiro atoms. The minimum Gasteiger partial charge on any atom is -0.461 e. The molecule has 6 rings (SSSR count). The van der Waals surface area contributed by atoms with Crippen LogP contribution in [0.2, 0.25) is 0 Å². The number of piperazine rings is 1. The number of benzene rings is 2. The molecule has 2 N–H and O–H groups in total. The monoisotopic (exact) mass is 593 g/mol. The number of carbonyl (C=O) groups excluding carboxylic acids is 2. The highest BCUT2D eigenvalue weighted by Crippen LogP contribution is 2.34. The number of amides is 1. The lowest BCUT2D eigenvalue weighted by atomic mass is 10.0. The van der Waals surface area contributed by atoms with Crippen molar-refractivity contribution in [1.29, 1.82) is 0 Å². The Morgan fingerprint density at radius 2 is 1.86 bits per heavy atom. The van der Waals surface area contributed by atoms with Crippen molar-refractivity contribution >= 4 is 28.5 Å². The van der Waals surface area contributed by atoms with Crippen molar-refractivity contribution in [2.24, 2.45) is 0 Å². The summed E-state index contributed by atoms with van der Waals surface area (Å²) >= 11 is 0. The summed E-state index contributed by atoms with van der Waals surface area (Å²) in [7, 11) is 0. The maximum absolute atomic E-state index is 14.5. The van der Waals surface area contributed by atoms with Gasteiger partial charge in [0.05, 0.1) is 16.8 Å². The molecule has 0 atom stereocenters. The highest BCUT2D eigenvalue weighted by molar-refractivity contribution is 5.98. The number of anilines is 1. The first-order valence-electron chi connectivity index (χ1n) is 14.5. The molecule has 3 aromatic heterocycles. The molecule has 4 heterocycles. The molecule has 2 aromatic carbocycles. The van der Waals surface area contributed by atoms with Gasteiger partial charge in [-0.05, 0) is 55.0 Å². The van der Waals surface area contributed by atoms with Crippen molar-refractivity contribution in [3.63, 3.8) is 0 Å². The number of esters is 1. The molecule has 0 saturated carbocycles. The number of hydrogen-bond donors (Lipinski definition) is 2. The predicted octanol–water partition coefficient (Wildman–Crippen LogP) is 4.31. The van der Waals surface area contributed by atoms with E-state index in [4.69, 9.17) is 9.84 Å². The van der Waals surface area contributed by atoms with Crippen LogP contribution in [-0.4, -0.2) is 75.9 Å². The Kier molecular flexibility index (Phi) is 8.67. The van der Waals surface area contributed by atoms with E-state index in [2.05, 4.69) is 25.5 Å². The fraction of sp³-hybridized carbons (Fsp3) is 0.242. The maximum atomic E-state index is 14.5. The molecule has 44 heavy (non-hydrogen) atoms. The number of ether oxygens (including phenoxy) is 1. The number of para-hydroxylation sites is 1. The summed E-state index contributed by atoms with van der Waals surface area (Å²) in [6.45, 7) is 6.11. The van der Waals surface area contributed by atoms with E-state index in [1.54, 1.807) is 12.4 Å². The van der Waals surface area contributed by atoms with Gasteiger partial charge in [0.2, 0.25) is 5.91 Å². The molecule has 224 valence electrons. The zero-order chi connectivity index (χ0) is 30.5. The van der Waals surface area contributed by atoms with E-state index >= 15 is 0 Å². The molecular weight excluding hydrogens is 561 g/mol. The van der Waals surface area contributed by atoms with Crippen LogP contribution in [0.4, 0.5) is 10.1 Å². The summed E-state index contributed by atoms with van der Waals surface area (Å²) in [4.78, 5) is 37.1. The minimum atomic E-state index is -0.657. The molecule has 1 aliphatic heterocycles. The molecule has 1 amide bonds. The standard InChI is InChI=1S/C33H32FN7O3/c1-22-5-4-8-30(37-22)32-28(26-9-10-36-29-7-3-2-6-27(26)29)20-41(39-32)21-31(42)38-25-18-23(17-24(34)19-25)33(43)44-16-15-40-13-11-35-12-14-40/h2-10,17-20,35H,11-16,21H2,1H3,(H,38,42). The van der Waals surface area contributed by atoms with Crippen LogP contribution in [0.3, 0.4) is 0 Å². The van der Waals surface area contributed by atoms with E-state index in [0.717, 1.165) is 66.0 Å². The fourth-order valence-corrected chi connectivity index (χ4v) is 5.31. The number of nitrogens with zero attached hydrogens (tertiary/aromatic N) is 5. The van der Waals surface area contributed by atoms with E-state index in [0.29, 0.717) is 17.9 Å². The number of nitrogens with one attached hydrogen (secondary N) is 2. The normalized spacial score (nSPS) is 13.6. The number of halogens is 1. The van der Waals surface area contributed by atoms with E-state index in [1.807, 2.05) is 55.5 Å². The van der Waals surface area contributed by atoms with Gasteiger partial charge in [0.25, 0.3) is 0 Å². The van der Waals surface area contributed by atoms with Crippen molar-refractivity contribution in [3.8, 4) is 22.5 Å². The largest absolute Gasteiger partial charge is 0.461 e. The maximum Gasteiger partial charge on any atom is 0.338 e. The number of pyridine rings is 2. The summed E-state index contributed by atoms with van der Waals surface area (Å²) in [5.41, 5.74) is 4.85. The lowest BCUT2D eigenvalue weighted by Crippen LogP contribution is -2.44.